The van der Waals surface area contributed by atoms with E-state index in [2.05, 4.69) is 31.6 Å². The summed E-state index contributed by atoms with van der Waals surface area (Å²) in [6, 6.07) is 9.84. The van der Waals surface area contributed by atoms with Crippen LogP contribution in [0, 0.1) is 0 Å². The predicted molar refractivity (Wildman–Crippen MR) is 77.4 cm³/mol. The highest BCUT2D eigenvalue weighted by molar-refractivity contribution is 9.09. The van der Waals surface area contributed by atoms with Crippen LogP contribution in [-0.4, -0.2) is 30.0 Å². The Kier molecular flexibility index (Phi) is 5.20. The van der Waals surface area contributed by atoms with Gasteiger partial charge in [0.05, 0.1) is 0 Å². The van der Waals surface area contributed by atoms with E-state index in [4.69, 9.17) is 4.74 Å². The molecule has 6 heteroatoms. The number of hydrogen-bond acceptors (Lipinski definition) is 4. The van der Waals surface area contributed by atoms with Gasteiger partial charge in [0.2, 0.25) is 5.96 Å². The first-order valence-corrected chi connectivity index (χ1v) is 7.24. The second kappa shape index (κ2) is 7.13. The minimum Gasteiger partial charge on any atom is -0.444 e. The summed E-state index contributed by atoms with van der Waals surface area (Å²) in [5, 5.41) is 6.56. The Labute approximate surface area is 120 Å². The van der Waals surface area contributed by atoms with Gasteiger partial charge in [0, 0.05) is 17.9 Å². The van der Waals surface area contributed by atoms with Crippen LogP contribution in [0.5, 0.6) is 0 Å². The number of rotatable bonds is 3. The predicted octanol–water partition coefficient (Wildman–Crippen LogP) is 2.03. The Balaban J connectivity index is 1.77. The van der Waals surface area contributed by atoms with E-state index in [1.165, 1.54) is 0 Å². The fourth-order valence-electron chi connectivity index (χ4n) is 1.69. The van der Waals surface area contributed by atoms with Crippen molar-refractivity contribution in [2.75, 3.05) is 11.9 Å². The minimum atomic E-state index is -0.495. The summed E-state index contributed by atoms with van der Waals surface area (Å²) >= 11 is 3.40. The van der Waals surface area contributed by atoms with Gasteiger partial charge >= 0.3 is 6.09 Å². The molecule has 1 heterocycles. The molecule has 0 bridgehead atoms. The molecule has 0 saturated carbocycles. The fourth-order valence-corrected chi connectivity index (χ4v) is 2.18. The maximum Gasteiger partial charge on any atom is 0.414 e. The van der Waals surface area contributed by atoms with E-state index >= 15 is 0 Å². The molecule has 0 radical (unpaired) electrons. The van der Waals surface area contributed by atoms with E-state index in [0.717, 1.165) is 17.3 Å². The van der Waals surface area contributed by atoms with Gasteiger partial charge in [0.15, 0.2) is 0 Å². The van der Waals surface area contributed by atoms with Gasteiger partial charge in [-0.05, 0) is 12.0 Å². The number of alkyl halides is 1. The molecule has 1 aliphatic rings. The van der Waals surface area contributed by atoms with Gasteiger partial charge in [0.1, 0.15) is 6.61 Å². The first-order valence-electron chi connectivity index (χ1n) is 6.12. The fraction of sp³-hybridized carbons (Fsp3) is 0.385. The third-order valence-electron chi connectivity index (χ3n) is 2.71. The van der Waals surface area contributed by atoms with Crippen LogP contribution < -0.4 is 10.6 Å². The first-order chi connectivity index (χ1) is 9.28. The van der Waals surface area contributed by atoms with Gasteiger partial charge in [-0.2, -0.15) is 0 Å². The quantitative estimate of drug-likeness (QED) is 0.836. The number of guanidine groups is 1. The summed E-state index contributed by atoms with van der Waals surface area (Å²) in [6.45, 7) is 0.958. The Morgan fingerprint density at radius 2 is 2.26 bits per heavy atom. The molecule has 0 aromatic heterocycles. The lowest BCUT2D eigenvalue weighted by Crippen LogP contribution is -2.49. The Bertz CT molecular complexity index is 450. The van der Waals surface area contributed by atoms with E-state index in [1.807, 2.05) is 30.3 Å². The maximum atomic E-state index is 11.6. The van der Waals surface area contributed by atoms with Gasteiger partial charge in [-0.15, -0.1) is 0 Å². The third kappa shape index (κ3) is 4.55. The van der Waals surface area contributed by atoms with Crippen molar-refractivity contribution in [3.05, 3.63) is 35.9 Å². The van der Waals surface area contributed by atoms with Crippen molar-refractivity contribution in [1.29, 1.82) is 0 Å². The lowest BCUT2D eigenvalue weighted by molar-refractivity contribution is 0.144. The molecule has 0 saturated heterocycles. The average molecular weight is 326 g/mol. The highest BCUT2D eigenvalue weighted by atomic mass is 79.9. The molecule has 0 aliphatic carbocycles. The lowest BCUT2D eigenvalue weighted by atomic mass is 10.2. The van der Waals surface area contributed by atoms with E-state index in [-0.39, 0.29) is 6.61 Å². The van der Waals surface area contributed by atoms with Crippen LogP contribution in [0.1, 0.15) is 12.0 Å². The van der Waals surface area contributed by atoms with Crippen molar-refractivity contribution in [3.8, 4) is 0 Å². The molecule has 102 valence electrons. The van der Waals surface area contributed by atoms with Crippen LogP contribution >= 0.6 is 15.9 Å². The number of carbonyl (C=O) groups is 1. The molecule has 1 atom stereocenters. The second-order valence-corrected chi connectivity index (χ2v) is 4.85. The van der Waals surface area contributed by atoms with Crippen molar-refractivity contribution in [3.63, 3.8) is 0 Å². The number of halogens is 1. The summed E-state index contributed by atoms with van der Waals surface area (Å²) in [5.74, 6) is 0.480. The maximum absolute atomic E-state index is 11.6. The number of nitrogens with zero attached hydrogens (tertiary/aromatic N) is 1. The molecule has 2 N–H and O–H groups in total. The van der Waals surface area contributed by atoms with Gasteiger partial charge in [0.25, 0.3) is 0 Å². The summed E-state index contributed by atoms with van der Waals surface area (Å²) in [6.07, 6.45) is 0.459. The largest absolute Gasteiger partial charge is 0.444 e. The zero-order chi connectivity index (χ0) is 13.5. The Morgan fingerprint density at radius 1 is 1.47 bits per heavy atom. The number of carbonyl (C=O) groups excluding carboxylic acids is 1. The zero-order valence-corrected chi connectivity index (χ0v) is 12.0. The van der Waals surface area contributed by atoms with Gasteiger partial charge in [-0.3, -0.25) is 10.3 Å². The van der Waals surface area contributed by atoms with E-state index in [9.17, 15) is 4.79 Å². The number of alkyl carbamates (subject to hydrolysis) is 1. The van der Waals surface area contributed by atoms with Gasteiger partial charge < -0.3 is 10.1 Å². The number of aliphatic imine (C=N–C) groups is 1. The van der Waals surface area contributed by atoms with Gasteiger partial charge in [-0.25, -0.2) is 4.79 Å². The van der Waals surface area contributed by atoms with Crippen molar-refractivity contribution >= 4 is 28.0 Å². The molecular formula is C13H16BrN3O2. The normalized spacial score (nSPS) is 18.2. The topological polar surface area (TPSA) is 62.7 Å². The standard InChI is InChI=1S/C13H16BrN3O2/c14-8-11-6-7-15-12(16-11)17-13(18)19-9-10-4-2-1-3-5-10/h1-5,11H,6-9H2,(H2,15,16,17,18). The number of nitrogens with one attached hydrogen (secondary N) is 2. The number of ether oxygens (including phenoxy) is 1. The van der Waals surface area contributed by atoms with Crippen molar-refractivity contribution in [1.82, 2.24) is 10.6 Å². The highest BCUT2D eigenvalue weighted by Gasteiger charge is 2.16. The second-order valence-electron chi connectivity index (χ2n) is 4.20. The smallest absolute Gasteiger partial charge is 0.414 e. The molecule has 1 aliphatic heterocycles. The molecule has 1 amide bonds. The summed E-state index contributed by atoms with van der Waals surface area (Å²) in [4.78, 5) is 15.8. The zero-order valence-electron chi connectivity index (χ0n) is 10.4. The molecule has 5 nitrogen and oxygen atoms in total. The molecule has 2 rings (SSSR count). The van der Waals surface area contributed by atoms with Crippen LogP contribution in [0.15, 0.2) is 35.3 Å². The molecular weight excluding hydrogens is 310 g/mol. The molecule has 1 aromatic carbocycles. The average Bonchev–Trinajstić information content (AvgIpc) is 2.46. The molecule has 0 spiro atoms. The number of benzene rings is 1. The van der Waals surface area contributed by atoms with E-state index < -0.39 is 6.09 Å². The molecule has 1 unspecified atom stereocenters. The Morgan fingerprint density at radius 3 is 3.00 bits per heavy atom. The number of amides is 1. The summed E-state index contributed by atoms with van der Waals surface area (Å²) < 4.78 is 5.12. The van der Waals surface area contributed by atoms with Crippen LogP contribution in [0.3, 0.4) is 0 Å². The van der Waals surface area contributed by atoms with Crippen molar-refractivity contribution in [2.24, 2.45) is 4.99 Å². The third-order valence-corrected chi connectivity index (χ3v) is 3.49. The van der Waals surface area contributed by atoms with Crippen LogP contribution in [0.25, 0.3) is 0 Å². The van der Waals surface area contributed by atoms with Crippen LogP contribution in [0.4, 0.5) is 4.79 Å². The van der Waals surface area contributed by atoms with Crippen LogP contribution in [0.2, 0.25) is 0 Å². The lowest BCUT2D eigenvalue weighted by Gasteiger charge is -2.22. The molecule has 1 aromatic rings. The van der Waals surface area contributed by atoms with E-state index in [1.54, 1.807) is 0 Å². The summed E-state index contributed by atoms with van der Waals surface area (Å²) in [7, 11) is 0. The Hall–Kier alpha value is -1.56. The van der Waals surface area contributed by atoms with E-state index in [0.29, 0.717) is 18.5 Å². The number of hydrogen-bond donors (Lipinski definition) is 2. The first kappa shape index (κ1) is 13.9. The van der Waals surface area contributed by atoms with Crippen molar-refractivity contribution in [2.45, 2.75) is 19.1 Å². The molecule has 19 heavy (non-hydrogen) atoms. The van der Waals surface area contributed by atoms with Crippen LogP contribution in [-0.2, 0) is 11.3 Å². The SMILES string of the molecule is O=C(NC1=NCCC(CBr)N1)OCc1ccccc1. The minimum absolute atomic E-state index is 0.252. The summed E-state index contributed by atoms with van der Waals surface area (Å²) in [5.41, 5.74) is 0.953. The molecule has 0 fully saturated rings. The monoisotopic (exact) mass is 325 g/mol. The van der Waals surface area contributed by atoms with Crippen molar-refractivity contribution < 1.29 is 9.53 Å². The highest BCUT2D eigenvalue weighted by Crippen LogP contribution is 2.03. The van der Waals surface area contributed by atoms with Gasteiger partial charge in [-0.1, -0.05) is 46.3 Å².